The van der Waals surface area contributed by atoms with Crippen molar-refractivity contribution in [1.82, 2.24) is 21.3 Å². The molecule has 0 rings (SSSR count). The van der Waals surface area contributed by atoms with Crippen LogP contribution in [0.4, 0.5) is 0 Å². The molecule has 1 unspecified atom stereocenters. The van der Waals surface area contributed by atoms with Crippen molar-refractivity contribution in [1.29, 1.82) is 0 Å². The molecule has 0 spiro atoms. The maximum absolute atomic E-state index is 3.54. The highest BCUT2D eigenvalue weighted by molar-refractivity contribution is 8.93. The van der Waals surface area contributed by atoms with Gasteiger partial charge in [-0.15, -0.1) is 67.9 Å². The highest BCUT2D eigenvalue weighted by Crippen LogP contribution is 1.96. The third kappa shape index (κ3) is 38.9. The van der Waals surface area contributed by atoms with Gasteiger partial charge in [-0.3, -0.25) is 0 Å². The molecule has 0 amide bonds. The summed E-state index contributed by atoms with van der Waals surface area (Å²) in [5.74, 6) is 0.810. The molecule has 0 heterocycles. The Labute approximate surface area is 213 Å². The van der Waals surface area contributed by atoms with Crippen LogP contribution in [0.15, 0.2) is 0 Å². The normalized spacial score (nSPS) is 10.3. The van der Waals surface area contributed by atoms with E-state index in [1.54, 1.807) is 0 Å². The Morgan fingerprint density at radius 3 is 1.41 bits per heavy atom. The number of nitrogens with one attached hydrogen (secondary N) is 4. The van der Waals surface area contributed by atoms with Crippen LogP contribution >= 0.6 is 67.9 Å². The van der Waals surface area contributed by atoms with Crippen molar-refractivity contribution in [2.75, 3.05) is 52.4 Å². The zero-order valence-corrected chi connectivity index (χ0v) is 24.0. The Hall–Kier alpha value is 1.76. The van der Waals surface area contributed by atoms with Crippen LogP contribution in [0.2, 0.25) is 0 Å². The van der Waals surface area contributed by atoms with E-state index in [9.17, 15) is 0 Å². The molecule has 0 bridgehead atoms. The molecule has 174 valence electrons. The third-order valence-corrected chi connectivity index (χ3v) is 4.06. The largest absolute Gasteiger partial charge is 0.317 e. The SMILES string of the molecule is Br.Br.Br.Br.C.CCNCCCNCCCCCNCCCNCC(C)CC. The monoisotopic (exact) mass is 650 g/mol. The minimum atomic E-state index is 0. The first-order valence-electron chi connectivity index (χ1n) is 9.64. The molecule has 0 saturated carbocycles. The predicted molar refractivity (Wildman–Crippen MR) is 148 cm³/mol. The van der Waals surface area contributed by atoms with Gasteiger partial charge in [-0.05, 0) is 84.0 Å². The minimum absolute atomic E-state index is 0. The summed E-state index contributed by atoms with van der Waals surface area (Å²) in [6.07, 6.45) is 7.69. The lowest BCUT2D eigenvalue weighted by atomic mass is 10.1. The fourth-order valence-electron chi connectivity index (χ4n) is 2.27. The smallest absolute Gasteiger partial charge is 0.00232 e. The fraction of sp³-hybridized carbons (Fsp3) is 1.00. The molecule has 0 aromatic rings. The van der Waals surface area contributed by atoms with E-state index >= 15 is 0 Å². The molecule has 0 aliphatic carbocycles. The average molecular weight is 654 g/mol. The van der Waals surface area contributed by atoms with Gasteiger partial charge in [0.1, 0.15) is 0 Å². The summed E-state index contributed by atoms with van der Waals surface area (Å²) in [6.45, 7) is 15.9. The van der Waals surface area contributed by atoms with Crippen molar-refractivity contribution in [2.45, 2.75) is 66.7 Å². The molecule has 4 N–H and O–H groups in total. The Kier molecular flexibility index (Phi) is 60.8. The van der Waals surface area contributed by atoms with Crippen molar-refractivity contribution in [3.63, 3.8) is 0 Å². The van der Waals surface area contributed by atoms with E-state index in [0.29, 0.717) is 0 Å². The first-order chi connectivity index (χ1) is 10.8. The summed E-state index contributed by atoms with van der Waals surface area (Å²) < 4.78 is 0. The summed E-state index contributed by atoms with van der Waals surface area (Å²) >= 11 is 0. The van der Waals surface area contributed by atoms with Crippen molar-refractivity contribution < 1.29 is 0 Å². The van der Waals surface area contributed by atoms with Crippen LogP contribution in [-0.4, -0.2) is 52.4 Å². The lowest BCUT2D eigenvalue weighted by Gasteiger charge is -2.10. The van der Waals surface area contributed by atoms with Gasteiger partial charge in [0, 0.05) is 0 Å². The van der Waals surface area contributed by atoms with Gasteiger partial charge >= 0.3 is 0 Å². The molecule has 1 atom stereocenters. The van der Waals surface area contributed by atoms with Crippen LogP contribution in [0.3, 0.4) is 0 Å². The molecule has 0 aliphatic heterocycles. The Morgan fingerprint density at radius 1 is 0.556 bits per heavy atom. The van der Waals surface area contributed by atoms with Crippen molar-refractivity contribution >= 4 is 67.9 Å². The average Bonchev–Trinajstić information content (AvgIpc) is 2.54. The molecule has 0 aliphatic rings. The lowest BCUT2D eigenvalue weighted by Crippen LogP contribution is -2.26. The lowest BCUT2D eigenvalue weighted by molar-refractivity contribution is 0.487. The van der Waals surface area contributed by atoms with E-state index < -0.39 is 0 Å². The molecule has 0 saturated heterocycles. The Bertz CT molecular complexity index is 216. The molecule has 27 heavy (non-hydrogen) atoms. The van der Waals surface area contributed by atoms with Crippen LogP contribution < -0.4 is 21.3 Å². The summed E-state index contributed by atoms with van der Waals surface area (Å²) in [4.78, 5) is 0. The van der Waals surface area contributed by atoms with Gasteiger partial charge in [-0.2, -0.15) is 0 Å². The number of unbranched alkanes of at least 4 members (excludes halogenated alkanes) is 2. The molecule has 4 nitrogen and oxygen atoms in total. The van der Waals surface area contributed by atoms with Crippen LogP contribution in [0.25, 0.3) is 0 Å². The number of rotatable bonds is 18. The van der Waals surface area contributed by atoms with Gasteiger partial charge in [0.15, 0.2) is 0 Å². The van der Waals surface area contributed by atoms with Gasteiger partial charge in [-0.1, -0.05) is 41.0 Å². The molecule has 0 aromatic heterocycles. The third-order valence-electron chi connectivity index (χ3n) is 4.06. The summed E-state index contributed by atoms with van der Waals surface area (Å²) in [5, 5.41) is 13.9. The second kappa shape index (κ2) is 38.4. The first kappa shape index (κ1) is 42.8. The predicted octanol–water partition coefficient (Wildman–Crippen LogP) is 5.31. The fourth-order valence-corrected chi connectivity index (χ4v) is 2.27. The van der Waals surface area contributed by atoms with Gasteiger partial charge < -0.3 is 21.3 Å². The molecular formula is C19H50Br4N4. The van der Waals surface area contributed by atoms with E-state index in [-0.39, 0.29) is 75.4 Å². The van der Waals surface area contributed by atoms with Crippen molar-refractivity contribution in [2.24, 2.45) is 5.92 Å². The van der Waals surface area contributed by atoms with E-state index in [0.717, 1.165) is 45.2 Å². The van der Waals surface area contributed by atoms with Crippen molar-refractivity contribution in [3.8, 4) is 0 Å². The standard InChI is InChI=1S/C18H42N4.CH4.4BrH/c1-4-18(3)17-22-16-10-15-21-12-8-6-7-11-20-14-9-13-19-5-2;;;;;/h18-22H,4-17H2,1-3H3;1H4;4*1H. The van der Waals surface area contributed by atoms with Gasteiger partial charge in [0.25, 0.3) is 0 Å². The van der Waals surface area contributed by atoms with E-state index in [1.807, 2.05) is 0 Å². The summed E-state index contributed by atoms with van der Waals surface area (Å²) in [7, 11) is 0. The van der Waals surface area contributed by atoms with E-state index in [1.165, 1.54) is 51.6 Å². The van der Waals surface area contributed by atoms with Gasteiger partial charge in [0.05, 0.1) is 0 Å². The molecule has 0 radical (unpaired) electrons. The van der Waals surface area contributed by atoms with Crippen LogP contribution in [0.1, 0.15) is 66.7 Å². The molecule has 0 aromatic carbocycles. The molecule has 8 heteroatoms. The van der Waals surface area contributed by atoms with Crippen molar-refractivity contribution in [3.05, 3.63) is 0 Å². The summed E-state index contributed by atoms with van der Waals surface area (Å²) in [5.41, 5.74) is 0. The molecule has 0 fully saturated rings. The molecular weight excluding hydrogens is 604 g/mol. The van der Waals surface area contributed by atoms with E-state index in [4.69, 9.17) is 0 Å². The second-order valence-corrected chi connectivity index (χ2v) is 6.34. The minimum Gasteiger partial charge on any atom is -0.317 e. The Morgan fingerprint density at radius 2 is 0.963 bits per heavy atom. The topological polar surface area (TPSA) is 48.1 Å². The number of halogens is 4. The number of hydrogen-bond acceptors (Lipinski definition) is 4. The second-order valence-electron chi connectivity index (χ2n) is 6.34. The number of hydrogen-bond donors (Lipinski definition) is 4. The Balaban J connectivity index is -0.000000220. The maximum Gasteiger partial charge on any atom is -0.00232 e. The highest BCUT2D eigenvalue weighted by atomic mass is 79.9. The van der Waals surface area contributed by atoms with Gasteiger partial charge in [-0.25, -0.2) is 0 Å². The summed E-state index contributed by atoms with van der Waals surface area (Å²) in [6, 6.07) is 0. The zero-order chi connectivity index (χ0) is 16.3. The first-order valence-corrected chi connectivity index (χ1v) is 9.64. The van der Waals surface area contributed by atoms with Crippen LogP contribution in [0.5, 0.6) is 0 Å². The van der Waals surface area contributed by atoms with Crippen LogP contribution in [0, 0.1) is 5.92 Å². The van der Waals surface area contributed by atoms with Gasteiger partial charge in [0.2, 0.25) is 0 Å². The van der Waals surface area contributed by atoms with E-state index in [2.05, 4.69) is 42.0 Å². The maximum atomic E-state index is 3.54. The quantitative estimate of drug-likeness (QED) is 0.152. The van der Waals surface area contributed by atoms with Crippen LogP contribution in [-0.2, 0) is 0 Å². The highest BCUT2D eigenvalue weighted by Gasteiger charge is 1.96. The zero-order valence-electron chi connectivity index (χ0n) is 17.1.